The number of carbonyl (C=O) groups excluding carboxylic acids is 1. The van der Waals surface area contributed by atoms with E-state index < -0.39 is 16.0 Å². The summed E-state index contributed by atoms with van der Waals surface area (Å²) in [4.78, 5) is 22.9. The van der Waals surface area contributed by atoms with Gasteiger partial charge >= 0.3 is 5.97 Å². The summed E-state index contributed by atoms with van der Waals surface area (Å²) in [5.41, 5.74) is 1.07. The summed E-state index contributed by atoms with van der Waals surface area (Å²) in [6.45, 7) is 2.33. The fraction of sp³-hybridized carbons (Fsp3) is 0.273. The van der Waals surface area contributed by atoms with E-state index in [1.54, 1.807) is 31.4 Å². The Hall–Kier alpha value is -3.17. The third-order valence-corrected chi connectivity index (χ3v) is 5.63. The molecule has 0 unspecified atom stereocenters. The second-order valence-electron chi connectivity index (χ2n) is 6.52. The van der Waals surface area contributed by atoms with Crippen molar-refractivity contribution in [3.8, 4) is 11.5 Å². The Labute approximate surface area is 181 Å². The number of rotatable bonds is 12. The van der Waals surface area contributed by atoms with Gasteiger partial charge in [0.1, 0.15) is 0 Å². The van der Waals surface area contributed by atoms with Crippen LogP contribution in [0.25, 0.3) is 6.08 Å². The van der Waals surface area contributed by atoms with Gasteiger partial charge in [0.05, 0.1) is 25.0 Å². The monoisotopic (exact) mass is 447 g/mol. The molecule has 0 atom stereocenters. The van der Waals surface area contributed by atoms with Gasteiger partial charge in [-0.15, -0.1) is 0 Å². The number of sulfonamides is 1. The van der Waals surface area contributed by atoms with E-state index >= 15 is 0 Å². The standard InChI is InChI=1S/C22H25NO7S/c1-3-14-30-21-15-16(5-11-20(21)29-2)4-10-19(24)17-6-8-18(9-7-17)31(27,28)23-13-12-22(25)26/h4-11,15,23H,3,12-14H2,1-2H3,(H,25,26)/b10-4+. The summed E-state index contributed by atoms with van der Waals surface area (Å²) < 4.78 is 37.4. The number of benzene rings is 2. The van der Waals surface area contributed by atoms with Crippen LogP contribution in [0.3, 0.4) is 0 Å². The molecule has 0 amide bonds. The molecule has 0 radical (unpaired) electrons. The van der Waals surface area contributed by atoms with Crippen molar-refractivity contribution in [3.05, 3.63) is 59.7 Å². The fourth-order valence-electron chi connectivity index (χ4n) is 2.56. The maximum atomic E-state index is 12.4. The molecule has 9 heteroatoms. The van der Waals surface area contributed by atoms with Crippen LogP contribution in [0.5, 0.6) is 11.5 Å². The first kappa shape index (κ1) is 24.1. The van der Waals surface area contributed by atoms with Gasteiger partial charge in [0, 0.05) is 12.1 Å². The Kier molecular flexibility index (Phi) is 8.77. The first-order chi connectivity index (χ1) is 14.8. The van der Waals surface area contributed by atoms with Gasteiger partial charge in [-0.1, -0.05) is 19.1 Å². The number of hydrogen-bond donors (Lipinski definition) is 2. The van der Waals surface area contributed by atoms with Crippen molar-refractivity contribution in [2.24, 2.45) is 0 Å². The molecule has 0 bridgehead atoms. The lowest BCUT2D eigenvalue weighted by Crippen LogP contribution is -2.26. The van der Waals surface area contributed by atoms with E-state index in [9.17, 15) is 18.0 Å². The molecule has 31 heavy (non-hydrogen) atoms. The van der Waals surface area contributed by atoms with Crippen molar-refractivity contribution in [2.45, 2.75) is 24.7 Å². The molecule has 0 fully saturated rings. The normalized spacial score (nSPS) is 11.4. The van der Waals surface area contributed by atoms with Crippen LogP contribution in [0, 0.1) is 0 Å². The molecular formula is C22H25NO7S. The average molecular weight is 448 g/mol. The maximum absolute atomic E-state index is 12.4. The molecule has 166 valence electrons. The Morgan fingerprint density at radius 2 is 1.81 bits per heavy atom. The topological polar surface area (TPSA) is 119 Å². The number of hydrogen-bond acceptors (Lipinski definition) is 6. The molecule has 0 aromatic heterocycles. The Morgan fingerprint density at radius 1 is 1.10 bits per heavy atom. The molecule has 0 heterocycles. The lowest BCUT2D eigenvalue weighted by Gasteiger charge is -2.10. The molecule has 8 nitrogen and oxygen atoms in total. The van der Waals surface area contributed by atoms with E-state index in [0.717, 1.165) is 12.0 Å². The predicted molar refractivity (Wildman–Crippen MR) is 116 cm³/mol. The van der Waals surface area contributed by atoms with E-state index in [-0.39, 0.29) is 23.6 Å². The summed E-state index contributed by atoms with van der Waals surface area (Å²) in [5.74, 6) is -0.208. The van der Waals surface area contributed by atoms with Gasteiger partial charge in [-0.25, -0.2) is 13.1 Å². The van der Waals surface area contributed by atoms with Crippen LogP contribution < -0.4 is 14.2 Å². The minimum Gasteiger partial charge on any atom is -0.493 e. The molecule has 0 aliphatic rings. The highest BCUT2D eigenvalue weighted by molar-refractivity contribution is 7.89. The summed E-state index contributed by atoms with van der Waals surface area (Å²) >= 11 is 0. The highest BCUT2D eigenvalue weighted by Crippen LogP contribution is 2.28. The lowest BCUT2D eigenvalue weighted by molar-refractivity contribution is -0.136. The number of carboxylic acid groups (broad SMARTS) is 1. The molecule has 2 aromatic carbocycles. The summed E-state index contributed by atoms with van der Waals surface area (Å²) in [6, 6.07) is 10.7. The molecule has 2 aromatic rings. The molecule has 0 saturated carbocycles. The number of carbonyl (C=O) groups is 2. The Bertz CT molecular complexity index is 1040. The van der Waals surface area contributed by atoms with E-state index in [0.29, 0.717) is 23.7 Å². The number of allylic oxidation sites excluding steroid dienone is 1. The van der Waals surface area contributed by atoms with Gasteiger partial charge in [0.25, 0.3) is 0 Å². The molecule has 2 N–H and O–H groups in total. The Morgan fingerprint density at radius 3 is 2.42 bits per heavy atom. The second-order valence-corrected chi connectivity index (χ2v) is 8.29. The van der Waals surface area contributed by atoms with Crippen LogP contribution >= 0.6 is 0 Å². The third kappa shape index (κ3) is 7.23. The van der Waals surface area contributed by atoms with Crippen molar-refractivity contribution in [2.75, 3.05) is 20.3 Å². The predicted octanol–water partition coefficient (Wildman–Crippen LogP) is 3.13. The van der Waals surface area contributed by atoms with Gasteiger partial charge in [-0.3, -0.25) is 9.59 Å². The molecular weight excluding hydrogens is 422 g/mol. The minimum atomic E-state index is -3.84. The number of carboxylic acids is 1. The Balaban J connectivity index is 2.08. The van der Waals surface area contributed by atoms with E-state index in [2.05, 4.69) is 4.72 Å². The number of ether oxygens (including phenoxy) is 2. The van der Waals surface area contributed by atoms with Crippen LogP contribution in [-0.4, -0.2) is 45.5 Å². The number of nitrogens with one attached hydrogen (secondary N) is 1. The van der Waals surface area contributed by atoms with Gasteiger partial charge in [0.2, 0.25) is 10.0 Å². The highest BCUT2D eigenvalue weighted by Gasteiger charge is 2.14. The third-order valence-electron chi connectivity index (χ3n) is 4.16. The van der Waals surface area contributed by atoms with Gasteiger partial charge in [0.15, 0.2) is 17.3 Å². The number of ketones is 1. The van der Waals surface area contributed by atoms with Crippen molar-refractivity contribution in [1.29, 1.82) is 0 Å². The van der Waals surface area contributed by atoms with Crippen molar-refractivity contribution in [3.63, 3.8) is 0 Å². The van der Waals surface area contributed by atoms with Crippen LogP contribution in [0.1, 0.15) is 35.7 Å². The zero-order valence-corrected chi connectivity index (χ0v) is 18.1. The zero-order valence-electron chi connectivity index (χ0n) is 17.3. The van der Waals surface area contributed by atoms with E-state index in [1.165, 1.54) is 30.3 Å². The van der Waals surface area contributed by atoms with Gasteiger partial charge < -0.3 is 14.6 Å². The summed E-state index contributed by atoms with van der Waals surface area (Å²) in [6.07, 6.45) is 3.55. The minimum absolute atomic E-state index is 0.0497. The molecule has 2 rings (SSSR count). The van der Waals surface area contributed by atoms with Crippen LogP contribution in [-0.2, 0) is 14.8 Å². The van der Waals surface area contributed by atoms with Crippen molar-refractivity contribution >= 4 is 27.9 Å². The van der Waals surface area contributed by atoms with Gasteiger partial charge in [-0.2, -0.15) is 0 Å². The molecule has 0 aliphatic heterocycles. The van der Waals surface area contributed by atoms with Gasteiger partial charge in [-0.05, 0) is 54.5 Å². The number of aliphatic carboxylic acids is 1. The van der Waals surface area contributed by atoms with E-state index in [1.807, 2.05) is 6.92 Å². The number of methoxy groups -OCH3 is 1. The first-order valence-corrected chi connectivity index (χ1v) is 11.1. The summed E-state index contributed by atoms with van der Waals surface area (Å²) in [7, 11) is -2.29. The second kappa shape index (κ2) is 11.3. The fourth-order valence-corrected chi connectivity index (χ4v) is 3.60. The average Bonchev–Trinajstić information content (AvgIpc) is 2.75. The lowest BCUT2D eigenvalue weighted by atomic mass is 10.1. The van der Waals surface area contributed by atoms with Crippen LogP contribution in [0.15, 0.2) is 53.4 Å². The molecule has 0 aliphatic carbocycles. The molecule has 0 spiro atoms. The smallest absolute Gasteiger partial charge is 0.304 e. The van der Waals surface area contributed by atoms with Crippen LogP contribution in [0.4, 0.5) is 0 Å². The van der Waals surface area contributed by atoms with Crippen LogP contribution in [0.2, 0.25) is 0 Å². The first-order valence-electron chi connectivity index (χ1n) is 9.61. The SMILES string of the molecule is CCCOc1cc(/C=C/C(=O)c2ccc(S(=O)(=O)NCCC(=O)O)cc2)ccc1OC. The van der Waals surface area contributed by atoms with Crippen molar-refractivity contribution in [1.82, 2.24) is 4.72 Å². The summed E-state index contributed by atoms with van der Waals surface area (Å²) in [5, 5.41) is 8.60. The zero-order chi connectivity index (χ0) is 22.9. The van der Waals surface area contributed by atoms with E-state index in [4.69, 9.17) is 14.6 Å². The molecule has 0 saturated heterocycles. The highest BCUT2D eigenvalue weighted by atomic mass is 32.2. The maximum Gasteiger partial charge on any atom is 0.304 e. The van der Waals surface area contributed by atoms with Crippen molar-refractivity contribution < 1.29 is 32.6 Å². The largest absolute Gasteiger partial charge is 0.493 e. The quantitative estimate of drug-likeness (QED) is 0.379.